The number of carbonyl (C=O) groups excluding carboxylic acids is 2. The number of nitrogens with one attached hydrogen (secondary N) is 3. The highest BCUT2D eigenvalue weighted by Gasteiger charge is 2.34. The van der Waals surface area contributed by atoms with Gasteiger partial charge in [0.15, 0.2) is 11.3 Å². The van der Waals surface area contributed by atoms with Gasteiger partial charge in [-0.25, -0.2) is 31.3 Å². The fourth-order valence-corrected chi connectivity index (χ4v) is 12.5. The number of fused-ring (bicyclic) bond motifs is 2. The van der Waals surface area contributed by atoms with E-state index in [0.717, 1.165) is 74.3 Å². The zero-order valence-electron chi connectivity index (χ0n) is 38.3. The first-order valence-corrected chi connectivity index (χ1v) is 30.4. The lowest BCUT2D eigenvalue weighted by molar-refractivity contribution is 0.0600. The molecule has 0 radical (unpaired) electrons. The highest BCUT2D eigenvalue weighted by molar-refractivity contribution is 7.99. The van der Waals surface area contributed by atoms with Gasteiger partial charge in [-0.1, -0.05) is 58.0 Å². The van der Waals surface area contributed by atoms with Crippen LogP contribution in [0.4, 0.5) is 17.2 Å². The van der Waals surface area contributed by atoms with Gasteiger partial charge in [0.05, 0.1) is 64.4 Å². The van der Waals surface area contributed by atoms with Gasteiger partial charge in [-0.3, -0.25) is 19.0 Å². The van der Waals surface area contributed by atoms with Crippen molar-refractivity contribution in [2.24, 2.45) is 0 Å². The van der Waals surface area contributed by atoms with Gasteiger partial charge >= 0.3 is 0 Å². The summed E-state index contributed by atoms with van der Waals surface area (Å²) in [5, 5.41) is 14.2. The summed E-state index contributed by atoms with van der Waals surface area (Å²) in [6.07, 6.45) is 7.00. The van der Waals surface area contributed by atoms with E-state index in [4.69, 9.17) is 63.1 Å². The fourth-order valence-electron chi connectivity index (χ4n) is 8.62. The van der Waals surface area contributed by atoms with E-state index >= 15 is 0 Å². The first-order valence-electron chi connectivity index (χ1n) is 22.4. The molecule has 3 N–H and O–H groups in total. The minimum Gasteiger partial charge on any atom is -0.346 e. The molecule has 2 amide bonds. The van der Waals surface area contributed by atoms with Crippen molar-refractivity contribution in [2.45, 2.75) is 50.6 Å². The summed E-state index contributed by atoms with van der Waals surface area (Å²) in [5.74, 6) is 4.59. The standard InChI is InChI=1S/C22H24Cl2N6O3S2.C19H18Cl3N5O3S.C3H7NS/c1-35(32,33)27-16-6-5-14(23)10-15(16)22(31)29-7-3-2-4-18(29)17-11-20-25-19(24)12-21(30(20)26-17)28-8-9-34-13-28;1-31(29,30)25-13-6-5-11(20)8-12(13)19(28)26-7-3-2-4-15(26)14-9-18-23-16(21)10-17(22)27(18)24-14;1-2-5-3-4-1/h5-6,10-12,18,27H,2-4,7-9,13H2,1H3;5-6,8-10,15,25H,2-4,7H2,1H3;4H,1-3H2/t18-;15-;/m00./s1. The van der Waals surface area contributed by atoms with E-state index in [1.165, 1.54) is 59.1 Å². The number of anilines is 3. The molecule has 71 heavy (non-hydrogen) atoms. The number of piperidine rings is 2. The molecule has 4 aliphatic rings. The molecular weight excluding hydrogens is 1100 g/mol. The Morgan fingerprint density at radius 2 is 1.17 bits per heavy atom. The maximum absolute atomic E-state index is 13.7. The van der Waals surface area contributed by atoms with E-state index in [2.05, 4.69) is 34.7 Å². The van der Waals surface area contributed by atoms with Crippen LogP contribution < -0.4 is 19.7 Å². The predicted octanol–water partition coefficient (Wildman–Crippen LogP) is 8.99. The molecule has 27 heteroatoms. The van der Waals surface area contributed by atoms with Crippen molar-refractivity contribution >= 4 is 142 Å². The number of sulfonamides is 2. The smallest absolute Gasteiger partial charge is 0.256 e. The zero-order valence-corrected chi connectivity index (χ0v) is 45.4. The van der Waals surface area contributed by atoms with Crippen molar-refractivity contribution in [2.75, 3.05) is 76.3 Å². The van der Waals surface area contributed by atoms with E-state index in [1.807, 2.05) is 35.7 Å². The minimum absolute atomic E-state index is 0.174. The summed E-state index contributed by atoms with van der Waals surface area (Å²) in [6.45, 7) is 3.12. The van der Waals surface area contributed by atoms with Crippen LogP contribution >= 0.6 is 81.5 Å². The molecule has 0 spiro atoms. The Bertz CT molecular complexity index is 3170. The molecule has 0 unspecified atom stereocenters. The normalized spacial score (nSPS) is 18.5. The maximum atomic E-state index is 13.7. The molecule has 8 heterocycles. The largest absolute Gasteiger partial charge is 0.346 e. The van der Waals surface area contributed by atoms with Crippen molar-refractivity contribution in [1.29, 1.82) is 0 Å². The van der Waals surface area contributed by atoms with Crippen LogP contribution in [0.15, 0.2) is 60.7 Å². The Hall–Kier alpha value is -3.97. The number of rotatable bonds is 9. The number of carbonyl (C=O) groups is 2. The summed E-state index contributed by atoms with van der Waals surface area (Å²) in [5.41, 5.74) is 3.20. The lowest BCUT2D eigenvalue weighted by Gasteiger charge is -2.35. The summed E-state index contributed by atoms with van der Waals surface area (Å²) in [7, 11) is -7.17. The average Bonchev–Trinajstić information content (AvgIpc) is 4.18. The molecule has 0 saturated carbocycles. The quantitative estimate of drug-likeness (QED) is 0.116. The highest BCUT2D eigenvalue weighted by Crippen LogP contribution is 2.37. The van der Waals surface area contributed by atoms with Crippen molar-refractivity contribution < 1.29 is 26.4 Å². The lowest BCUT2D eigenvalue weighted by Crippen LogP contribution is -2.39. The van der Waals surface area contributed by atoms with Gasteiger partial charge in [-0.05, 0) is 74.9 Å². The van der Waals surface area contributed by atoms with Crippen molar-refractivity contribution in [1.82, 2.24) is 44.3 Å². The molecular formula is C44H49Cl5N12O6S4. The molecule has 2 atom stereocenters. The number of aromatic nitrogens is 6. The maximum Gasteiger partial charge on any atom is 0.256 e. The first kappa shape index (κ1) is 53.3. The van der Waals surface area contributed by atoms with Gasteiger partial charge < -0.3 is 20.0 Å². The number of thioether (sulfide) groups is 2. The molecule has 4 aromatic heterocycles. The van der Waals surface area contributed by atoms with E-state index < -0.39 is 20.0 Å². The predicted molar refractivity (Wildman–Crippen MR) is 286 cm³/mol. The molecule has 0 aliphatic carbocycles. The summed E-state index contributed by atoms with van der Waals surface area (Å²) >= 11 is 34.6. The van der Waals surface area contributed by atoms with E-state index in [1.54, 1.807) is 26.4 Å². The highest BCUT2D eigenvalue weighted by atomic mass is 35.5. The number of likely N-dealkylation sites (tertiary alicyclic amines) is 2. The second-order valence-electron chi connectivity index (χ2n) is 17.0. The molecule has 380 valence electrons. The van der Waals surface area contributed by atoms with Crippen LogP contribution in [-0.2, 0) is 20.0 Å². The van der Waals surface area contributed by atoms with Crippen molar-refractivity contribution in [3.05, 3.63) is 109 Å². The van der Waals surface area contributed by atoms with E-state index in [9.17, 15) is 26.4 Å². The van der Waals surface area contributed by atoms with Crippen molar-refractivity contribution in [3.8, 4) is 0 Å². The minimum atomic E-state index is -3.58. The third kappa shape index (κ3) is 13.4. The lowest BCUT2D eigenvalue weighted by atomic mass is 9.98. The van der Waals surface area contributed by atoms with Crippen LogP contribution in [0, 0.1) is 0 Å². The van der Waals surface area contributed by atoms with Crippen LogP contribution in [-0.4, -0.2) is 130 Å². The number of hydrogen-bond donors (Lipinski definition) is 3. The molecule has 4 fully saturated rings. The Kier molecular flexibility index (Phi) is 17.3. The third-order valence-electron chi connectivity index (χ3n) is 11.7. The first-order chi connectivity index (χ1) is 33.8. The van der Waals surface area contributed by atoms with Crippen LogP contribution in [0.2, 0.25) is 25.5 Å². The molecule has 4 aliphatic heterocycles. The average molecular weight is 1150 g/mol. The Balaban J connectivity index is 0.000000174. The third-order valence-corrected chi connectivity index (χ3v) is 15.9. The Morgan fingerprint density at radius 1 is 0.648 bits per heavy atom. The molecule has 0 bridgehead atoms. The molecule has 6 aromatic rings. The molecule has 4 saturated heterocycles. The SMILES string of the molecule is C1CSCN1.CS(=O)(=O)Nc1ccc(Cl)cc1C(=O)N1CCCC[C@H]1c1cc2nc(Cl)cc(Cl)n2n1.CS(=O)(=O)Nc1ccc(Cl)cc1C(=O)N1CCCC[C@H]1c1cc2nc(Cl)cc(N3CCSC3)n2n1. The number of hydrogen-bond acceptors (Lipinski definition) is 14. The van der Waals surface area contributed by atoms with Crippen LogP contribution in [0.25, 0.3) is 11.3 Å². The second-order valence-corrected chi connectivity index (χ2v) is 24.7. The molecule has 18 nitrogen and oxygen atoms in total. The van der Waals surface area contributed by atoms with Crippen LogP contribution in [0.5, 0.6) is 0 Å². The van der Waals surface area contributed by atoms with Gasteiger partial charge in [-0.15, -0.1) is 23.5 Å². The summed E-state index contributed by atoms with van der Waals surface area (Å²) in [6, 6.07) is 15.3. The van der Waals surface area contributed by atoms with Gasteiger partial charge in [0, 0.05) is 77.9 Å². The molecule has 2 aromatic carbocycles. The van der Waals surface area contributed by atoms with Crippen LogP contribution in [0.1, 0.15) is 82.7 Å². The summed E-state index contributed by atoms with van der Waals surface area (Å²) < 4.78 is 55.4. The van der Waals surface area contributed by atoms with Crippen LogP contribution in [0.3, 0.4) is 0 Å². The topological polar surface area (TPSA) is 209 Å². The van der Waals surface area contributed by atoms with Gasteiger partial charge in [0.25, 0.3) is 11.8 Å². The van der Waals surface area contributed by atoms with Gasteiger partial charge in [0.1, 0.15) is 21.3 Å². The summed E-state index contributed by atoms with van der Waals surface area (Å²) in [4.78, 5) is 41.6. The number of halogens is 5. The number of nitrogens with zero attached hydrogens (tertiary/aromatic N) is 9. The zero-order chi connectivity index (χ0) is 50.6. The van der Waals surface area contributed by atoms with E-state index in [-0.39, 0.29) is 51.6 Å². The fraction of sp³-hybridized carbons (Fsp3) is 0.409. The number of benzene rings is 2. The monoisotopic (exact) mass is 1140 g/mol. The Labute approximate surface area is 444 Å². The Morgan fingerprint density at radius 3 is 1.63 bits per heavy atom. The van der Waals surface area contributed by atoms with E-state index in [0.29, 0.717) is 56.9 Å². The van der Waals surface area contributed by atoms with Crippen molar-refractivity contribution in [3.63, 3.8) is 0 Å². The molecule has 10 rings (SSSR count). The number of amides is 2. The second kappa shape index (κ2) is 23.1. The van der Waals surface area contributed by atoms with Gasteiger partial charge in [0.2, 0.25) is 20.0 Å². The van der Waals surface area contributed by atoms with Gasteiger partial charge in [-0.2, -0.15) is 14.7 Å².